The van der Waals surface area contributed by atoms with E-state index in [4.69, 9.17) is 10.1 Å². The van der Waals surface area contributed by atoms with Crippen LogP contribution < -0.4 is 15.5 Å². The molecule has 0 bridgehead atoms. The minimum atomic E-state index is -0.907. The average molecular weight is 540 g/mol. The Kier molecular flexibility index (Phi) is 11.5. The minimum absolute atomic E-state index is 0.121. The molecule has 1 aromatic carbocycles. The lowest BCUT2D eigenvalue weighted by Gasteiger charge is -2.36. The molecule has 1 aromatic heterocycles. The number of benzene rings is 1. The van der Waals surface area contributed by atoms with E-state index in [-0.39, 0.29) is 25.0 Å². The van der Waals surface area contributed by atoms with Crippen LogP contribution in [0.25, 0.3) is 11.3 Å². The third-order valence-electron chi connectivity index (χ3n) is 6.93. The number of anilines is 1. The molecule has 206 valence electrons. The minimum Gasteiger partial charge on any atom is -0.395 e. The van der Waals surface area contributed by atoms with Crippen molar-refractivity contribution >= 4 is 28.3 Å². The first-order chi connectivity index (χ1) is 18.4. The second-order valence-corrected chi connectivity index (χ2v) is 10.6. The van der Waals surface area contributed by atoms with Gasteiger partial charge in [-0.15, -0.1) is 11.3 Å². The van der Waals surface area contributed by atoms with Crippen molar-refractivity contribution < 1.29 is 14.7 Å². The predicted octanol–water partition coefficient (Wildman–Crippen LogP) is 3.85. The van der Waals surface area contributed by atoms with Gasteiger partial charge in [0, 0.05) is 49.2 Å². The highest BCUT2D eigenvalue weighted by atomic mass is 32.1. The maximum atomic E-state index is 13.0. The molecule has 9 heteroatoms. The van der Waals surface area contributed by atoms with Crippen LogP contribution in [0.15, 0.2) is 54.5 Å². The van der Waals surface area contributed by atoms with Crippen LogP contribution in [0.3, 0.4) is 0 Å². The normalized spacial score (nSPS) is 17.4. The summed E-state index contributed by atoms with van der Waals surface area (Å²) in [6.45, 7) is 9.54. The lowest BCUT2D eigenvalue weighted by molar-refractivity contribution is -0.128. The number of aliphatic hydroxyl groups excluding tert-OH is 1. The summed E-state index contributed by atoms with van der Waals surface area (Å²) in [6, 6.07) is 7.41. The van der Waals surface area contributed by atoms with Crippen LogP contribution in [0.4, 0.5) is 5.13 Å². The smallest absolute Gasteiger partial charge is 0.252 e. The summed E-state index contributed by atoms with van der Waals surface area (Å²) >= 11 is 1.65. The van der Waals surface area contributed by atoms with Crippen LogP contribution >= 0.6 is 11.3 Å². The van der Waals surface area contributed by atoms with Gasteiger partial charge in [-0.1, -0.05) is 56.2 Å². The maximum Gasteiger partial charge on any atom is 0.252 e. The fourth-order valence-electron chi connectivity index (χ4n) is 4.66. The van der Waals surface area contributed by atoms with E-state index in [1.54, 1.807) is 29.5 Å². The Morgan fingerprint density at radius 2 is 1.82 bits per heavy atom. The topological polar surface area (TPSA) is 97.8 Å². The molecular formula is C29H41N5O3S. The molecule has 2 aromatic rings. The van der Waals surface area contributed by atoms with Crippen LogP contribution in [0, 0.1) is 0 Å². The van der Waals surface area contributed by atoms with Crippen molar-refractivity contribution in [2.24, 2.45) is 0 Å². The van der Waals surface area contributed by atoms with Crippen LogP contribution in [0.5, 0.6) is 0 Å². The predicted molar refractivity (Wildman–Crippen MR) is 156 cm³/mol. The zero-order valence-electron chi connectivity index (χ0n) is 22.6. The summed E-state index contributed by atoms with van der Waals surface area (Å²) in [5.41, 5.74) is 1.49. The molecular weight excluding hydrogens is 498 g/mol. The van der Waals surface area contributed by atoms with Gasteiger partial charge in [-0.2, -0.15) is 0 Å². The second-order valence-electron chi connectivity index (χ2n) is 9.72. The molecule has 1 aliphatic carbocycles. The second kappa shape index (κ2) is 14.8. The van der Waals surface area contributed by atoms with Crippen molar-refractivity contribution in [3.8, 4) is 11.3 Å². The first kappa shape index (κ1) is 29.5. The van der Waals surface area contributed by atoms with Gasteiger partial charge in [-0.3, -0.25) is 9.59 Å². The van der Waals surface area contributed by atoms with Crippen molar-refractivity contribution in [1.29, 1.82) is 0 Å². The van der Waals surface area contributed by atoms with Gasteiger partial charge in [0.2, 0.25) is 5.91 Å². The van der Waals surface area contributed by atoms with Gasteiger partial charge in [-0.25, -0.2) is 4.98 Å². The number of allylic oxidation sites excluding steroid dienone is 3. The number of aliphatic hydroxyl groups is 1. The van der Waals surface area contributed by atoms with Gasteiger partial charge < -0.3 is 25.5 Å². The molecule has 2 fully saturated rings. The summed E-state index contributed by atoms with van der Waals surface area (Å²) < 4.78 is 0. The number of aromatic nitrogens is 1. The molecule has 0 radical (unpaired) electrons. The number of rotatable bonds is 8. The number of likely N-dealkylation sites (N-methyl/N-ethyl adjacent to an activating group) is 1. The Bertz CT molecular complexity index is 1070. The Hall–Kier alpha value is -3.01. The van der Waals surface area contributed by atoms with E-state index in [0.29, 0.717) is 18.4 Å². The van der Waals surface area contributed by atoms with Crippen LogP contribution in [-0.2, 0) is 4.79 Å². The number of piperazine rings is 1. The highest BCUT2D eigenvalue weighted by Crippen LogP contribution is 2.30. The molecule has 0 spiro atoms. The quantitative estimate of drug-likeness (QED) is 0.441. The molecule has 8 nitrogen and oxygen atoms in total. The fourth-order valence-corrected chi connectivity index (χ4v) is 5.55. The Morgan fingerprint density at radius 3 is 2.39 bits per heavy atom. The maximum absolute atomic E-state index is 13.0. The zero-order valence-corrected chi connectivity index (χ0v) is 23.4. The number of hydrogen-bond donors (Lipinski definition) is 3. The van der Waals surface area contributed by atoms with Crippen LogP contribution in [0.2, 0.25) is 0 Å². The summed E-state index contributed by atoms with van der Waals surface area (Å²) in [5, 5.41) is 17.9. The van der Waals surface area contributed by atoms with Gasteiger partial charge in [0.15, 0.2) is 5.13 Å². The Balaban J connectivity index is 0.000000732. The Labute approximate surface area is 230 Å². The van der Waals surface area contributed by atoms with Crippen LogP contribution in [-0.4, -0.2) is 78.7 Å². The van der Waals surface area contributed by atoms with E-state index in [1.165, 1.54) is 0 Å². The number of hydrogen-bond acceptors (Lipinski definition) is 7. The molecule has 1 saturated heterocycles. The van der Waals surface area contributed by atoms with Gasteiger partial charge in [0.25, 0.3) is 5.91 Å². The van der Waals surface area contributed by atoms with E-state index in [2.05, 4.69) is 39.4 Å². The molecule has 1 saturated carbocycles. The molecule has 1 aliphatic heterocycles. The summed E-state index contributed by atoms with van der Waals surface area (Å²) in [6.07, 6.45) is 9.65. The average Bonchev–Trinajstić information content (AvgIpc) is 3.44. The third kappa shape index (κ3) is 7.99. The van der Waals surface area contributed by atoms with Crippen LogP contribution in [0.1, 0.15) is 49.4 Å². The van der Waals surface area contributed by atoms with E-state index in [0.717, 1.165) is 61.8 Å². The van der Waals surface area contributed by atoms with Crippen molar-refractivity contribution in [3.05, 3.63) is 60.0 Å². The van der Waals surface area contributed by atoms with E-state index < -0.39 is 5.54 Å². The molecule has 2 aliphatic rings. The number of nitrogens with zero attached hydrogens (tertiary/aromatic N) is 3. The van der Waals surface area contributed by atoms with E-state index >= 15 is 0 Å². The number of amides is 2. The first-order valence-corrected chi connectivity index (χ1v) is 14.2. The molecule has 0 atom stereocenters. The number of thiazole rings is 1. The van der Waals surface area contributed by atoms with E-state index in [1.807, 2.05) is 31.2 Å². The standard InChI is InChI=1S/C24H33N5O3S.C5H8/c1-28-12-14-29(15-13-28)23-26-20(17-33-23)18-5-7-19(8-6-18)21(31)27-24(9-3-2-4-10-24)22(32)25-11-16-30;1-3-5-4-2/h5-8,17,30H,2-4,9-16H2,1H3,(H,25,32)(H,27,31);3-5H,1H2,2H3/b;5-4-. The summed E-state index contributed by atoms with van der Waals surface area (Å²) in [5.74, 6) is -0.459. The molecule has 3 N–H and O–H groups in total. The SMILES string of the molecule is C=C/C=C\C.CN1CCN(c2nc(-c3ccc(C(=O)NC4(C(=O)NCCO)CCCCC4)cc3)cs2)CC1. The van der Waals surface area contributed by atoms with Gasteiger partial charge in [0.05, 0.1) is 12.3 Å². The number of carbonyl (C=O) groups is 2. The van der Waals surface area contributed by atoms with E-state index in [9.17, 15) is 9.59 Å². The third-order valence-corrected chi connectivity index (χ3v) is 7.83. The lowest BCUT2D eigenvalue weighted by Crippen LogP contribution is -2.60. The summed E-state index contributed by atoms with van der Waals surface area (Å²) in [4.78, 5) is 35.3. The molecule has 4 rings (SSSR count). The van der Waals surface area contributed by atoms with Crippen molar-refractivity contribution in [2.75, 3.05) is 51.3 Å². The summed E-state index contributed by atoms with van der Waals surface area (Å²) in [7, 11) is 2.14. The highest BCUT2D eigenvalue weighted by Gasteiger charge is 2.40. The molecule has 2 amide bonds. The van der Waals surface area contributed by atoms with Crippen molar-refractivity contribution in [2.45, 2.75) is 44.6 Å². The largest absolute Gasteiger partial charge is 0.395 e. The van der Waals surface area contributed by atoms with Crippen molar-refractivity contribution in [1.82, 2.24) is 20.5 Å². The molecule has 38 heavy (non-hydrogen) atoms. The Morgan fingerprint density at radius 1 is 1.13 bits per heavy atom. The molecule has 0 unspecified atom stereocenters. The van der Waals surface area contributed by atoms with Gasteiger partial charge >= 0.3 is 0 Å². The monoisotopic (exact) mass is 539 g/mol. The molecule has 2 heterocycles. The lowest BCUT2D eigenvalue weighted by atomic mass is 9.80. The zero-order chi connectivity index (χ0) is 27.4. The van der Waals surface area contributed by atoms with Gasteiger partial charge in [0.1, 0.15) is 5.54 Å². The number of carbonyl (C=O) groups excluding carboxylic acids is 2. The fraction of sp³-hybridized carbons (Fsp3) is 0.483. The van der Waals surface area contributed by atoms with Gasteiger partial charge in [-0.05, 0) is 38.9 Å². The highest BCUT2D eigenvalue weighted by molar-refractivity contribution is 7.14. The first-order valence-electron chi connectivity index (χ1n) is 13.4. The number of nitrogens with one attached hydrogen (secondary N) is 2. The van der Waals surface area contributed by atoms with Crippen molar-refractivity contribution in [3.63, 3.8) is 0 Å².